The van der Waals surface area contributed by atoms with Crippen LogP contribution in [0.2, 0.25) is 0 Å². The molecule has 7 nitrogen and oxygen atoms in total. The van der Waals surface area contributed by atoms with Crippen molar-refractivity contribution in [2.45, 2.75) is 39.3 Å². The number of carboxylic acid groups (broad SMARTS) is 1. The Hall–Kier alpha value is -2.70. The molecule has 1 aliphatic heterocycles. The molecule has 0 saturated heterocycles. The van der Waals surface area contributed by atoms with Crippen LogP contribution in [0.4, 0.5) is 0 Å². The molecule has 0 bridgehead atoms. The van der Waals surface area contributed by atoms with Crippen LogP contribution in [-0.4, -0.2) is 45.8 Å². The summed E-state index contributed by atoms with van der Waals surface area (Å²) in [4.78, 5) is 49.2. The minimum absolute atomic E-state index is 0.0704. The van der Waals surface area contributed by atoms with Crippen LogP contribution >= 0.6 is 0 Å². The Labute approximate surface area is 139 Å². The third-order valence-corrected chi connectivity index (χ3v) is 3.91. The fourth-order valence-electron chi connectivity index (χ4n) is 2.66. The highest BCUT2D eigenvalue weighted by atomic mass is 16.4. The van der Waals surface area contributed by atoms with E-state index < -0.39 is 35.8 Å². The maximum Gasteiger partial charge on any atom is 0.326 e. The number of benzene rings is 1. The minimum atomic E-state index is -1.15. The van der Waals surface area contributed by atoms with Gasteiger partial charge >= 0.3 is 5.97 Å². The number of nitrogens with one attached hydrogen (secondary N) is 1. The molecule has 3 amide bonds. The van der Waals surface area contributed by atoms with Gasteiger partial charge in [0, 0.05) is 0 Å². The van der Waals surface area contributed by atoms with E-state index >= 15 is 0 Å². The Balaban J connectivity index is 2.16. The topological polar surface area (TPSA) is 104 Å². The third kappa shape index (κ3) is 3.29. The zero-order chi connectivity index (χ0) is 18.0. The summed E-state index contributed by atoms with van der Waals surface area (Å²) in [6.45, 7) is 5.09. The van der Waals surface area contributed by atoms with Gasteiger partial charge in [-0.2, -0.15) is 0 Å². The standard InChI is InChI=1S/C17H20N2O5/c1-9(2)8-13(17(23)24)18-14(20)10(3)19-15(21)11-6-4-5-7-12(11)16(19)22/h4-7,9-10,13H,8H2,1-3H3,(H,18,20)(H,23,24). The smallest absolute Gasteiger partial charge is 0.326 e. The first kappa shape index (κ1) is 17.7. The van der Waals surface area contributed by atoms with Gasteiger partial charge in [-0.15, -0.1) is 0 Å². The Morgan fingerprint density at radius 2 is 1.58 bits per heavy atom. The van der Waals surface area contributed by atoms with Crippen molar-refractivity contribution in [2.75, 3.05) is 0 Å². The molecular weight excluding hydrogens is 312 g/mol. The van der Waals surface area contributed by atoms with Gasteiger partial charge in [0.05, 0.1) is 11.1 Å². The van der Waals surface area contributed by atoms with E-state index in [1.165, 1.54) is 19.1 Å². The number of carbonyl (C=O) groups is 4. The van der Waals surface area contributed by atoms with E-state index in [0.717, 1.165) is 4.90 Å². The Kier molecular flexibility index (Phi) is 5.02. The first-order valence-corrected chi connectivity index (χ1v) is 7.74. The van der Waals surface area contributed by atoms with E-state index in [2.05, 4.69) is 5.32 Å². The van der Waals surface area contributed by atoms with E-state index in [4.69, 9.17) is 0 Å². The molecule has 0 aliphatic carbocycles. The number of amides is 3. The summed E-state index contributed by atoms with van der Waals surface area (Å²) in [6.07, 6.45) is 0.260. The van der Waals surface area contributed by atoms with Crippen LogP contribution in [0.1, 0.15) is 47.9 Å². The molecule has 0 radical (unpaired) electrons. The molecule has 1 aliphatic rings. The predicted octanol–water partition coefficient (Wildman–Crippen LogP) is 1.29. The van der Waals surface area contributed by atoms with Crippen LogP contribution < -0.4 is 5.32 Å². The summed E-state index contributed by atoms with van der Waals surface area (Å²) < 4.78 is 0. The van der Waals surface area contributed by atoms with Gasteiger partial charge in [-0.3, -0.25) is 19.3 Å². The van der Waals surface area contributed by atoms with Crippen LogP contribution in [0.15, 0.2) is 24.3 Å². The summed E-state index contributed by atoms with van der Waals surface area (Å²) in [5.74, 6) is -2.84. The second kappa shape index (κ2) is 6.82. The third-order valence-electron chi connectivity index (χ3n) is 3.91. The van der Waals surface area contributed by atoms with Gasteiger partial charge in [0.25, 0.3) is 11.8 Å². The average Bonchev–Trinajstić information content (AvgIpc) is 2.77. The molecule has 1 heterocycles. The lowest BCUT2D eigenvalue weighted by Crippen LogP contribution is -2.52. The van der Waals surface area contributed by atoms with E-state index in [9.17, 15) is 24.3 Å². The number of hydrogen-bond acceptors (Lipinski definition) is 4. The van der Waals surface area contributed by atoms with Crippen LogP contribution in [0.25, 0.3) is 0 Å². The highest BCUT2D eigenvalue weighted by molar-refractivity contribution is 6.22. The van der Waals surface area contributed by atoms with Crippen molar-refractivity contribution in [3.05, 3.63) is 35.4 Å². The zero-order valence-corrected chi connectivity index (χ0v) is 13.8. The summed E-state index contributed by atoms with van der Waals surface area (Å²) in [6, 6.07) is 4.18. The van der Waals surface area contributed by atoms with Gasteiger partial charge in [0.15, 0.2) is 0 Å². The van der Waals surface area contributed by atoms with Crippen molar-refractivity contribution in [1.29, 1.82) is 0 Å². The van der Waals surface area contributed by atoms with Crippen molar-refractivity contribution in [1.82, 2.24) is 10.2 Å². The molecular formula is C17H20N2O5. The molecule has 1 aromatic carbocycles. The van der Waals surface area contributed by atoms with Gasteiger partial charge in [0.2, 0.25) is 5.91 Å². The molecule has 2 atom stereocenters. The van der Waals surface area contributed by atoms with E-state index in [1.54, 1.807) is 12.1 Å². The summed E-state index contributed by atoms with van der Waals surface area (Å²) in [5, 5.41) is 11.6. The van der Waals surface area contributed by atoms with Crippen LogP contribution in [0.3, 0.4) is 0 Å². The molecule has 0 spiro atoms. The number of carboxylic acids is 1. The number of imide groups is 1. The lowest BCUT2D eigenvalue weighted by Gasteiger charge is -2.24. The number of nitrogens with zero attached hydrogens (tertiary/aromatic N) is 1. The van der Waals surface area contributed by atoms with Gasteiger partial charge in [-0.05, 0) is 31.4 Å². The lowest BCUT2D eigenvalue weighted by atomic mass is 10.0. The van der Waals surface area contributed by atoms with Crippen molar-refractivity contribution >= 4 is 23.7 Å². The number of carbonyl (C=O) groups excluding carboxylic acids is 3. The normalized spacial score (nSPS) is 16.1. The number of aliphatic carboxylic acids is 1. The van der Waals surface area contributed by atoms with Crippen molar-refractivity contribution < 1.29 is 24.3 Å². The average molecular weight is 332 g/mol. The van der Waals surface area contributed by atoms with Gasteiger partial charge in [-0.25, -0.2) is 4.79 Å². The highest BCUT2D eigenvalue weighted by Gasteiger charge is 2.41. The second-order valence-electron chi connectivity index (χ2n) is 6.23. The number of fused-ring (bicyclic) bond motifs is 1. The van der Waals surface area contributed by atoms with E-state index in [1.807, 2.05) is 13.8 Å². The Morgan fingerprint density at radius 1 is 1.08 bits per heavy atom. The first-order valence-electron chi connectivity index (χ1n) is 7.74. The molecule has 2 N–H and O–H groups in total. The minimum Gasteiger partial charge on any atom is -0.480 e. The van der Waals surface area contributed by atoms with Crippen molar-refractivity contribution in [3.63, 3.8) is 0 Å². The highest BCUT2D eigenvalue weighted by Crippen LogP contribution is 2.24. The Morgan fingerprint density at radius 3 is 2.00 bits per heavy atom. The molecule has 0 fully saturated rings. The van der Waals surface area contributed by atoms with Crippen LogP contribution in [0, 0.1) is 5.92 Å². The van der Waals surface area contributed by atoms with Crippen molar-refractivity contribution in [3.8, 4) is 0 Å². The second-order valence-corrected chi connectivity index (χ2v) is 6.23. The lowest BCUT2D eigenvalue weighted by molar-refractivity contribution is -0.142. The quantitative estimate of drug-likeness (QED) is 0.764. The number of hydrogen-bond donors (Lipinski definition) is 2. The fraction of sp³-hybridized carbons (Fsp3) is 0.412. The summed E-state index contributed by atoms with van der Waals surface area (Å²) in [5.41, 5.74) is 0.498. The molecule has 0 aromatic heterocycles. The Bertz CT molecular complexity index is 663. The van der Waals surface area contributed by atoms with Crippen molar-refractivity contribution in [2.24, 2.45) is 5.92 Å². The maximum atomic E-state index is 12.4. The molecule has 7 heteroatoms. The molecule has 1 aromatic rings. The van der Waals surface area contributed by atoms with Crippen LogP contribution in [0.5, 0.6) is 0 Å². The zero-order valence-electron chi connectivity index (χ0n) is 13.8. The van der Waals surface area contributed by atoms with Gasteiger partial charge < -0.3 is 10.4 Å². The maximum absolute atomic E-state index is 12.4. The summed E-state index contributed by atoms with van der Waals surface area (Å²) in [7, 11) is 0. The molecule has 128 valence electrons. The van der Waals surface area contributed by atoms with E-state index in [-0.39, 0.29) is 23.5 Å². The largest absolute Gasteiger partial charge is 0.480 e. The molecule has 24 heavy (non-hydrogen) atoms. The van der Waals surface area contributed by atoms with E-state index in [0.29, 0.717) is 0 Å². The van der Waals surface area contributed by atoms with Crippen LogP contribution in [-0.2, 0) is 9.59 Å². The molecule has 2 rings (SSSR count). The monoisotopic (exact) mass is 332 g/mol. The molecule has 0 saturated carbocycles. The first-order chi connectivity index (χ1) is 11.2. The fourth-order valence-corrected chi connectivity index (χ4v) is 2.66. The summed E-state index contributed by atoms with van der Waals surface area (Å²) >= 11 is 0. The molecule has 2 unspecified atom stereocenters. The number of rotatable bonds is 6. The SMILES string of the molecule is CC(C)CC(NC(=O)C(C)N1C(=O)c2ccccc2C1=O)C(=O)O. The van der Waals surface area contributed by atoms with Gasteiger partial charge in [0.1, 0.15) is 12.1 Å². The van der Waals surface area contributed by atoms with Gasteiger partial charge in [-0.1, -0.05) is 26.0 Å². The predicted molar refractivity (Wildman–Crippen MR) is 85.4 cm³/mol.